The van der Waals surface area contributed by atoms with Crippen molar-refractivity contribution in [2.24, 2.45) is 5.73 Å². The van der Waals surface area contributed by atoms with Gasteiger partial charge in [0, 0.05) is 177 Å². The lowest BCUT2D eigenvalue weighted by Gasteiger charge is -2.31. The summed E-state index contributed by atoms with van der Waals surface area (Å²) in [6.45, 7) is 0.418. The molecule has 2 aromatic carbocycles. The molecule has 0 aliphatic carbocycles. The number of carbonyl (C=O) groups is 4. The largest absolute Gasteiger partial charge is 0.478 e. The number of aryl methyl sites for hydroxylation is 1. The number of halogens is 4. The number of aliphatic carboxylic acids is 1. The van der Waals surface area contributed by atoms with E-state index in [-0.39, 0.29) is 82.4 Å². The van der Waals surface area contributed by atoms with Crippen molar-refractivity contribution in [1.82, 2.24) is 39.7 Å². The summed E-state index contributed by atoms with van der Waals surface area (Å²) >= 11 is 0. The van der Waals surface area contributed by atoms with E-state index in [4.69, 9.17) is 19.7 Å². The average Bonchev–Trinajstić information content (AvgIpc) is 2.89. The van der Waals surface area contributed by atoms with Crippen LogP contribution in [0.25, 0.3) is 78.9 Å². The Hall–Kier alpha value is -10.3. The third-order valence-corrected chi connectivity index (χ3v) is 14.5. The second kappa shape index (κ2) is 27.1. The molecule has 0 spiro atoms. The van der Waals surface area contributed by atoms with Gasteiger partial charge in [-0.25, -0.2) is 22.4 Å². The summed E-state index contributed by atoms with van der Waals surface area (Å²) in [6.07, 6.45) is 21.8. The number of carboxylic acid groups (broad SMARTS) is 1. The maximum atomic E-state index is 13.5. The van der Waals surface area contributed by atoms with Gasteiger partial charge in [-0.1, -0.05) is 24.3 Å². The number of allylic oxidation sites excluding steroid dienone is 1. The van der Waals surface area contributed by atoms with Crippen molar-refractivity contribution < 1.29 is 50.7 Å². The van der Waals surface area contributed by atoms with Gasteiger partial charge in [-0.05, 0) is 114 Å². The first-order chi connectivity index (χ1) is 42.1. The van der Waals surface area contributed by atoms with Gasteiger partial charge >= 0.3 is 5.97 Å². The van der Waals surface area contributed by atoms with Crippen molar-refractivity contribution in [2.75, 3.05) is 26.2 Å². The molecule has 0 unspecified atom stereocenters. The molecule has 3 N–H and O–H groups in total. The number of rotatable bonds is 14. The zero-order valence-corrected chi connectivity index (χ0v) is 46.8. The molecule has 0 atom stereocenters. The lowest BCUT2D eigenvalue weighted by molar-refractivity contribution is -0.131. The molecule has 12 rings (SSSR count). The van der Waals surface area contributed by atoms with Crippen LogP contribution in [0.1, 0.15) is 75.5 Å². The van der Waals surface area contributed by atoms with Crippen molar-refractivity contribution in [2.45, 2.75) is 56.9 Å². The van der Waals surface area contributed by atoms with Crippen LogP contribution in [0.4, 0.5) is 17.6 Å². The van der Waals surface area contributed by atoms with Crippen LogP contribution in [0.2, 0.25) is 0 Å². The first-order valence-corrected chi connectivity index (χ1v) is 27.9. The molecule has 2 aliphatic rings. The van der Waals surface area contributed by atoms with E-state index in [9.17, 15) is 36.7 Å². The summed E-state index contributed by atoms with van der Waals surface area (Å²) < 4.78 is 66.1. The average molecular weight is 1180 g/mol. The summed E-state index contributed by atoms with van der Waals surface area (Å²) in [5.74, 6) is -5.61. The van der Waals surface area contributed by atoms with Crippen molar-refractivity contribution in [3.63, 3.8) is 0 Å². The lowest BCUT2D eigenvalue weighted by atomic mass is 9.99. The highest BCUT2D eigenvalue weighted by molar-refractivity contribution is 5.99. The highest BCUT2D eigenvalue weighted by atomic mass is 19.3. The smallest absolute Gasteiger partial charge is 0.328 e. The molecule has 16 nitrogen and oxygen atoms in total. The van der Waals surface area contributed by atoms with Crippen LogP contribution in [-0.2, 0) is 22.6 Å². The van der Waals surface area contributed by atoms with Crippen molar-refractivity contribution >= 4 is 57.7 Å². The van der Waals surface area contributed by atoms with Gasteiger partial charge < -0.3 is 29.5 Å². The molecule has 2 aliphatic heterocycles. The Labute approximate surface area is 496 Å². The summed E-state index contributed by atoms with van der Waals surface area (Å²) in [6, 6.07) is 33.4. The molecule has 2 saturated heterocycles. The number of amides is 2. The van der Waals surface area contributed by atoms with Crippen molar-refractivity contribution in [3.8, 4) is 44.8 Å². The summed E-state index contributed by atoms with van der Waals surface area (Å²) in [5.41, 5.74) is 16.0. The van der Waals surface area contributed by atoms with E-state index < -0.39 is 17.8 Å². The van der Waals surface area contributed by atoms with Gasteiger partial charge in [-0.15, -0.1) is 0 Å². The number of benzene rings is 2. The quantitative estimate of drug-likeness (QED) is 0.0763. The van der Waals surface area contributed by atoms with Crippen LogP contribution >= 0.6 is 0 Å². The van der Waals surface area contributed by atoms with Crippen LogP contribution in [0.15, 0.2) is 192 Å². The second-order valence-electron chi connectivity index (χ2n) is 20.7. The number of fused-ring (bicyclic) bond motifs is 2. The Morgan fingerprint density at radius 2 is 0.966 bits per heavy atom. The highest BCUT2D eigenvalue weighted by Crippen LogP contribution is 2.38. The number of ketones is 1. The molecular formula is C67H57F4N9O7. The number of pyridine rings is 6. The van der Waals surface area contributed by atoms with Gasteiger partial charge in [-0.2, -0.15) is 0 Å². The first-order valence-electron chi connectivity index (χ1n) is 27.9. The first kappa shape index (κ1) is 59.8. The van der Waals surface area contributed by atoms with Gasteiger partial charge in [0.15, 0.2) is 5.78 Å². The molecule has 0 bridgehead atoms. The van der Waals surface area contributed by atoms with E-state index in [0.717, 1.165) is 66.9 Å². The van der Waals surface area contributed by atoms with Gasteiger partial charge in [0.05, 0.1) is 29.1 Å². The van der Waals surface area contributed by atoms with Gasteiger partial charge in [0.25, 0.3) is 23.7 Å². The molecule has 20 heteroatoms. The fourth-order valence-electron chi connectivity index (χ4n) is 9.86. The van der Waals surface area contributed by atoms with Crippen LogP contribution in [-0.4, -0.2) is 106 Å². The number of hydrogen-bond donors (Lipinski definition) is 2. The summed E-state index contributed by atoms with van der Waals surface area (Å²) in [5, 5.41) is 10.0. The SMILES string of the molecule is NCc1cc2cc(-c3ccc(C(=O)N4CCC(F)(F)CC4)cn3)cc(-c3cccnc3)c2o1.O=C(/C=C/c1cccnc1)CCc1cc2cc(-c3ccc(C(=O)N4CCC(F)(F)CC4)cn3)cc(-c3cccnc3)c2o1.O=C(O)/C=C/c1cccnc1. The minimum Gasteiger partial charge on any atom is -0.478 e. The number of nitrogens with zero attached hydrogens (tertiary/aromatic N) is 8. The number of alkyl halides is 4. The zero-order chi connectivity index (χ0) is 60.9. The zero-order valence-electron chi connectivity index (χ0n) is 46.8. The normalized spacial score (nSPS) is 14.5. The number of carboxylic acids is 1. The molecule has 8 aromatic heterocycles. The Kier molecular flexibility index (Phi) is 18.7. The predicted molar refractivity (Wildman–Crippen MR) is 321 cm³/mol. The maximum absolute atomic E-state index is 13.5. The van der Waals surface area contributed by atoms with E-state index in [1.54, 1.807) is 98.1 Å². The van der Waals surface area contributed by atoms with Crippen molar-refractivity contribution in [1.29, 1.82) is 0 Å². The van der Waals surface area contributed by atoms with E-state index in [1.807, 2.05) is 72.8 Å². The number of carbonyl (C=O) groups excluding carboxylic acids is 3. The minimum absolute atomic E-state index is 0.0189. The van der Waals surface area contributed by atoms with E-state index in [1.165, 1.54) is 28.3 Å². The van der Waals surface area contributed by atoms with Crippen LogP contribution < -0.4 is 5.73 Å². The van der Waals surface area contributed by atoms with Gasteiger partial charge in [0.2, 0.25) is 0 Å². The fourth-order valence-corrected chi connectivity index (χ4v) is 9.86. The number of furan rings is 2. The Balaban J connectivity index is 0.000000168. The van der Waals surface area contributed by atoms with Gasteiger partial charge in [-0.3, -0.25) is 44.3 Å². The number of nitrogens with two attached hydrogens (primary N) is 1. The Morgan fingerprint density at radius 1 is 0.529 bits per heavy atom. The molecular weight excluding hydrogens is 1120 g/mol. The fraction of sp³-hybridized carbons (Fsp3) is 0.194. The molecule has 0 radical (unpaired) electrons. The number of piperidine rings is 2. The van der Waals surface area contributed by atoms with Crippen LogP contribution in [0, 0.1) is 0 Å². The predicted octanol–water partition coefficient (Wildman–Crippen LogP) is 13.1. The number of hydrogen-bond acceptors (Lipinski definition) is 13. The number of aromatic nitrogens is 6. The lowest BCUT2D eigenvalue weighted by Crippen LogP contribution is -2.42. The molecule has 10 heterocycles. The number of likely N-dealkylation sites (tertiary alicyclic amines) is 2. The maximum Gasteiger partial charge on any atom is 0.328 e. The molecule has 440 valence electrons. The molecule has 2 amide bonds. The molecule has 2 fully saturated rings. The Bertz CT molecular complexity index is 4070. The molecule has 0 saturated carbocycles. The third kappa shape index (κ3) is 15.5. The standard InChI is InChI=1S/C34H28F2N4O3.C25H22F2N4O2.C8H7NO2/c35-34(36)11-15-40(16-12-34)33(42)25-6-10-31(39-22-25)26-17-27-18-29(9-8-28(41)7-5-23-3-1-13-37-20-23)43-32(27)30(19-26)24-4-2-14-38-21-24;26-25(27)5-8-31(9-6-25)24(32)17-3-4-22(30-15-17)18-10-19-11-20(13-28)33-23(19)21(12-18)16-2-1-7-29-14-16;10-8(11)4-3-7-2-1-5-9-6-7/h1-7,10,13-14,17-22H,8-9,11-12,15-16H2;1-4,7,10-12,14-15H,5-6,8-9,13,28H2;1-6H,(H,10,11)/b7-5+;;4-3+. The summed E-state index contributed by atoms with van der Waals surface area (Å²) in [7, 11) is 0. The van der Waals surface area contributed by atoms with Crippen LogP contribution in [0.5, 0.6) is 0 Å². The van der Waals surface area contributed by atoms with E-state index in [2.05, 4.69) is 29.9 Å². The van der Waals surface area contributed by atoms with Crippen molar-refractivity contribution in [3.05, 3.63) is 217 Å². The van der Waals surface area contributed by atoms with Gasteiger partial charge in [0.1, 0.15) is 22.7 Å². The minimum atomic E-state index is -2.72. The summed E-state index contributed by atoms with van der Waals surface area (Å²) in [4.78, 5) is 76.5. The monoisotopic (exact) mass is 1180 g/mol. The van der Waals surface area contributed by atoms with E-state index in [0.29, 0.717) is 46.0 Å². The van der Waals surface area contributed by atoms with Crippen LogP contribution in [0.3, 0.4) is 0 Å². The second-order valence-corrected chi connectivity index (χ2v) is 20.7. The highest BCUT2D eigenvalue weighted by Gasteiger charge is 2.37. The molecule has 87 heavy (non-hydrogen) atoms. The molecule has 10 aromatic rings. The van der Waals surface area contributed by atoms with E-state index >= 15 is 0 Å². The topological polar surface area (TPSA) is 225 Å². The Morgan fingerprint density at radius 3 is 1.37 bits per heavy atom. The third-order valence-electron chi connectivity index (χ3n) is 14.5.